The second kappa shape index (κ2) is 13.1. The molecule has 0 heterocycles. The van der Waals surface area contributed by atoms with E-state index in [1.165, 1.54) is 4.90 Å². The van der Waals surface area contributed by atoms with E-state index in [1.54, 1.807) is 65.2 Å². The molecule has 10 nitrogen and oxygen atoms in total. The third kappa shape index (κ3) is 10.2. The fraction of sp³-hybridized carbons (Fsp3) is 0.609. The summed E-state index contributed by atoms with van der Waals surface area (Å²) in [4.78, 5) is 38.5. The molecule has 0 aliphatic carbocycles. The van der Waals surface area contributed by atoms with Crippen molar-refractivity contribution in [1.29, 1.82) is 0 Å². The fourth-order valence-electron chi connectivity index (χ4n) is 3.04. The Kier molecular flexibility index (Phi) is 11.3. The van der Waals surface area contributed by atoms with Crippen LogP contribution in [0.5, 0.6) is 0 Å². The average Bonchev–Trinajstić information content (AvgIpc) is 2.73. The lowest BCUT2D eigenvalue weighted by Crippen LogP contribution is -2.55. The van der Waals surface area contributed by atoms with Crippen LogP contribution in [0.15, 0.2) is 30.3 Å². The van der Waals surface area contributed by atoms with Crippen LogP contribution in [0.25, 0.3) is 0 Å². The highest BCUT2D eigenvalue weighted by Gasteiger charge is 2.30. The minimum absolute atomic E-state index is 0.306. The second-order valence-electron chi connectivity index (χ2n) is 9.00. The van der Waals surface area contributed by atoms with Crippen molar-refractivity contribution in [2.75, 3.05) is 20.6 Å². The largest absolute Gasteiger partial charge is 0.444 e. The van der Waals surface area contributed by atoms with E-state index in [4.69, 9.17) is 4.74 Å². The van der Waals surface area contributed by atoms with Gasteiger partial charge in [-0.25, -0.2) is 4.79 Å². The van der Waals surface area contributed by atoms with Crippen molar-refractivity contribution in [1.82, 2.24) is 20.9 Å². The zero-order valence-electron chi connectivity index (χ0n) is 20.3. The lowest BCUT2D eigenvalue weighted by Gasteiger charge is -2.29. The van der Waals surface area contributed by atoms with E-state index in [0.29, 0.717) is 18.4 Å². The van der Waals surface area contributed by atoms with E-state index in [1.807, 2.05) is 6.92 Å². The summed E-state index contributed by atoms with van der Waals surface area (Å²) in [5.41, 5.74) is -0.0882. The van der Waals surface area contributed by atoms with Crippen molar-refractivity contribution >= 4 is 17.9 Å². The van der Waals surface area contributed by atoms with E-state index in [2.05, 4.69) is 16.0 Å². The molecule has 0 radical (unpaired) electrons. The number of amides is 3. The third-order valence-corrected chi connectivity index (χ3v) is 4.64. The number of carbonyl (C=O) groups excluding carboxylic acids is 3. The molecule has 0 bridgehead atoms. The first kappa shape index (κ1) is 28.3. The molecule has 2 unspecified atom stereocenters. The van der Waals surface area contributed by atoms with Gasteiger partial charge in [-0.1, -0.05) is 43.7 Å². The van der Waals surface area contributed by atoms with Gasteiger partial charge in [0.05, 0.1) is 12.6 Å². The molecule has 1 rings (SSSR count). The van der Waals surface area contributed by atoms with Gasteiger partial charge in [0.1, 0.15) is 24.0 Å². The first-order valence-electron chi connectivity index (χ1n) is 11.0. The number of hydrogen-bond acceptors (Lipinski definition) is 7. The van der Waals surface area contributed by atoms with Gasteiger partial charge in [-0.2, -0.15) is 0 Å². The molecule has 0 saturated carbocycles. The number of hydrogen-bond donors (Lipinski definition) is 5. The molecule has 5 N–H and O–H groups in total. The zero-order valence-corrected chi connectivity index (χ0v) is 20.3. The van der Waals surface area contributed by atoms with Gasteiger partial charge < -0.3 is 30.5 Å². The number of aliphatic hydroxyl groups is 2. The fourth-order valence-corrected chi connectivity index (χ4v) is 3.04. The predicted molar refractivity (Wildman–Crippen MR) is 124 cm³/mol. The maximum Gasteiger partial charge on any atom is 0.407 e. The summed E-state index contributed by atoms with van der Waals surface area (Å²) in [5, 5.41) is 28.6. The van der Waals surface area contributed by atoms with E-state index in [0.717, 1.165) is 0 Å². The molecular formula is C23H38N4O6. The number of aliphatic hydroxyl groups excluding tert-OH is 2. The number of carbonyl (C=O) groups is 3. The molecule has 0 fully saturated rings. The number of nitrogens with one attached hydrogen (secondary N) is 3. The number of rotatable bonds is 11. The van der Waals surface area contributed by atoms with Crippen molar-refractivity contribution in [3.63, 3.8) is 0 Å². The Morgan fingerprint density at radius 2 is 1.67 bits per heavy atom. The molecule has 0 aliphatic rings. The van der Waals surface area contributed by atoms with Crippen LogP contribution in [0.4, 0.5) is 4.79 Å². The zero-order chi connectivity index (χ0) is 25.2. The monoisotopic (exact) mass is 466 g/mol. The topological polar surface area (TPSA) is 140 Å². The van der Waals surface area contributed by atoms with Crippen LogP contribution in [0.3, 0.4) is 0 Å². The number of ether oxygens (including phenoxy) is 1. The van der Waals surface area contributed by atoms with Crippen molar-refractivity contribution in [2.24, 2.45) is 0 Å². The minimum atomic E-state index is -1.50. The van der Waals surface area contributed by atoms with Crippen molar-refractivity contribution < 1.29 is 29.3 Å². The van der Waals surface area contributed by atoms with Crippen molar-refractivity contribution in [3.05, 3.63) is 35.9 Å². The lowest BCUT2D eigenvalue weighted by molar-refractivity contribution is -0.134. The maximum atomic E-state index is 12.5. The van der Waals surface area contributed by atoms with Gasteiger partial charge in [0.2, 0.25) is 11.8 Å². The number of alkyl carbamates (subject to hydrolysis) is 1. The molecule has 186 valence electrons. The van der Waals surface area contributed by atoms with Crippen LogP contribution < -0.4 is 16.0 Å². The van der Waals surface area contributed by atoms with Gasteiger partial charge >= 0.3 is 6.09 Å². The van der Waals surface area contributed by atoms with Crippen LogP contribution in [0.2, 0.25) is 0 Å². The average molecular weight is 467 g/mol. The first-order valence-corrected chi connectivity index (χ1v) is 11.0. The standard InChI is InChI=1S/C23H38N4O6/c1-7-11-16(25-22(32)33-23(2,3)4)19(29)20(30)24-14-17(28)26-18(21(31)27(5)6)15-12-9-8-10-13-15/h8-10,12-13,16,18-20,24,29-30H,7,11,14H2,1-6H3,(H,25,32)(H,26,28)/t16?,18-,19?,20-/m0/s1. The molecule has 10 heteroatoms. The summed E-state index contributed by atoms with van der Waals surface area (Å²) in [6, 6.07) is 7.12. The first-order chi connectivity index (χ1) is 15.4. The predicted octanol–water partition coefficient (Wildman–Crippen LogP) is 0.894. The van der Waals surface area contributed by atoms with Crippen LogP contribution in [-0.2, 0) is 14.3 Å². The molecule has 3 amide bonds. The number of likely N-dealkylation sites (N-methyl/N-ethyl adjacent to an activating group) is 1. The second-order valence-corrected chi connectivity index (χ2v) is 9.00. The Morgan fingerprint density at radius 1 is 1.06 bits per heavy atom. The summed E-state index contributed by atoms with van der Waals surface area (Å²) in [6.07, 6.45) is -2.58. The lowest BCUT2D eigenvalue weighted by atomic mass is 10.0. The summed E-state index contributed by atoms with van der Waals surface area (Å²) in [5.74, 6) is -0.850. The summed E-state index contributed by atoms with van der Waals surface area (Å²) in [7, 11) is 3.18. The molecule has 1 aromatic carbocycles. The minimum Gasteiger partial charge on any atom is -0.444 e. The molecule has 0 saturated heterocycles. The Balaban J connectivity index is 2.73. The van der Waals surface area contributed by atoms with Gasteiger partial charge in [-0.3, -0.25) is 14.9 Å². The van der Waals surface area contributed by atoms with Crippen LogP contribution >= 0.6 is 0 Å². The van der Waals surface area contributed by atoms with E-state index < -0.39 is 42.0 Å². The summed E-state index contributed by atoms with van der Waals surface area (Å²) < 4.78 is 5.21. The van der Waals surface area contributed by atoms with Crippen molar-refractivity contribution in [2.45, 2.75) is 70.6 Å². The van der Waals surface area contributed by atoms with Crippen LogP contribution in [0, 0.1) is 0 Å². The van der Waals surface area contributed by atoms with Gasteiger partial charge in [-0.15, -0.1) is 0 Å². The SMILES string of the molecule is CCCC(NC(=O)OC(C)(C)C)C(O)[C@H](O)NCC(=O)N[C@H](C(=O)N(C)C)c1ccccc1. The molecule has 0 spiro atoms. The number of nitrogens with zero attached hydrogens (tertiary/aromatic N) is 1. The quantitative estimate of drug-likeness (QED) is 0.305. The summed E-state index contributed by atoms with van der Waals surface area (Å²) in [6.45, 7) is 6.67. The normalized spacial score (nSPS) is 15.0. The smallest absolute Gasteiger partial charge is 0.407 e. The Bertz CT molecular complexity index is 766. The number of benzene rings is 1. The van der Waals surface area contributed by atoms with E-state index in [9.17, 15) is 24.6 Å². The van der Waals surface area contributed by atoms with E-state index >= 15 is 0 Å². The highest BCUT2D eigenvalue weighted by molar-refractivity contribution is 5.89. The molecule has 33 heavy (non-hydrogen) atoms. The maximum absolute atomic E-state index is 12.5. The Hall–Kier alpha value is -2.69. The summed E-state index contributed by atoms with van der Waals surface area (Å²) >= 11 is 0. The van der Waals surface area contributed by atoms with Gasteiger partial charge in [0, 0.05) is 14.1 Å². The van der Waals surface area contributed by atoms with Crippen molar-refractivity contribution in [3.8, 4) is 0 Å². The molecule has 0 aromatic heterocycles. The van der Waals surface area contributed by atoms with Gasteiger partial charge in [0.15, 0.2) is 0 Å². The van der Waals surface area contributed by atoms with Gasteiger partial charge in [-0.05, 0) is 32.8 Å². The molecule has 0 aliphatic heterocycles. The van der Waals surface area contributed by atoms with Crippen LogP contribution in [-0.4, -0.2) is 77.6 Å². The molecule has 4 atom stereocenters. The highest BCUT2D eigenvalue weighted by atomic mass is 16.6. The molecule has 1 aromatic rings. The highest BCUT2D eigenvalue weighted by Crippen LogP contribution is 2.15. The Morgan fingerprint density at radius 3 is 2.18 bits per heavy atom. The van der Waals surface area contributed by atoms with E-state index in [-0.39, 0.29) is 12.5 Å². The van der Waals surface area contributed by atoms with Gasteiger partial charge in [0.25, 0.3) is 0 Å². The third-order valence-electron chi connectivity index (χ3n) is 4.64. The molecular weight excluding hydrogens is 428 g/mol. The van der Waals surface area contributed by atoms with Crippen LogP contribution in [0.1, 0.15) is 52.1 Å². The Labute approximate surface area is 195 Å².